The van der Waals surface area contributed by atoms with Crippen molar-refractivity contribution < 1.29 is 4.42 Å². The molecule has 1 heterocycles. The van der Waals surface area contributed by atoms with Crippen LogP contribution < -0.4 is 0 Å². The van der Waals surface area contributed by atoms with E-state index in [2.05, 4.69) is 159 Å². The van der Waals surface area contributed by atoms with Crippen LogP contribution in [0.4, 0.5) is 0 Å². The van der Waals surface area contributed by atoms with Crippen molar-refractivity contribution in [1.82, 2.24) is 0 Å². The molecule has 0 N–H and O–H groups in total. The molecule has 1 aromatic heterocycles. The summed E-state index contributed by atoms with van der Waals surface area (Å²) < 4.78 is 6.15. The molecule has 0 saturated carbocycles. The highest BCUT2D eigenvalue weighted by molar-refractivity contribution is 6.27. The highest BCUT2D eigenvalue weighted by Crippen LogP contribution is 2.53. The Morgan fingerprint density at radius 1 is 0.380 bits per heavy atom. The minimum absolute atomic E-state index is 0.0335. The molecule has 0 atom stereocenters. The zero-order chi connectivity index (χ0) is 33.1. The van der Waals surface area contributed by atoms with Crippen LogP contribution in [0.25, 0.3) is 98.4 Å². The maximum absolute atomic E-state index is 6.15. The summed E-state index contributed by atoms with van der Waals surface area (Å²) in [4.78, 5) is 0. The second-order valence-corrected chi connectivity index (χ2v) is 14.4. The Bertz CT molecular complexity index is 3010. The second-order valence-electron chi connectivity index (χ2n) is 14.4. The van der Waals surface area contributed by atoms with Gasteiger partial charge in [0.05, 0.1) is 0 Å². The fourth-order valence-corrected chi connectivity index (χ4v) is 9.13. The number of hydrogen-bond acceptors (Lipinski definition) is 1. The van der Waals surface area contributed by atoms with E-state index < -0.39 is 0 Å². The van der Waals surface area contributed by atoms with Crippen molar-refractivity contribution in [1.29, 1.82) is 0 Å². The third-order valence-electron chi connectivity index (χ3n) is 11.4. The highest BCUT2D eigenvalue weighted by atomic mass is 16.3. The van der Waals surface area contributed by atoms with Crippen LogP contribution in [0.5, 0.6) is 0 Å². The highest BCUT2D eigenvalue weighted by Gasteiger charge is 2.34. The molecule has 234 valence electrons. The van der Waals surface area contributed by atoms with Gasteiger partial charge < -0.3 is 4.42 Å². The summed E-state index contributed by atoms with van der Waals surface area (Å²) in [7, 11) is 0. The van der Waals surface area contributed by atoms with Crippen molar-refractivity contribution in [2.75, 3.05) is 0 Å². The normalized spacial score (nSPS) is 13.6. The first-order chi connectivity index (χ1) is 24.6. The van der Waals surface area contributed by atoms with E-state index in [-0.39, 0.29) is 5.41 Å². The van der Waals surface area contributed by atoms with E-state index in [0.717, 1.165) is 21.9 Å². The Kier molecular flexibility index (Phi) is 5.51. The average molecular weight is 637 g/mol. The maximum Gasteiger partial charge on any atom is 0.135 e. The van der Waals surface area contributed by atoms with Crippen LogP contribution in [0.1, 0.15) is 25.0 Å². The van der Waals surface area contributed by atoms with E-state index >= 15 is 0 Å². The molecule has 0 fully saturated rings. The molecule has 11 rings (SSSR count). The zero-order valence-corrected chi connectivity index (χ0v) is 27.9. The zero-order valence-electron chi connectivity index (χ0n) is 27.9. The van der Waals surface area contributed by atoms with Crippen LogP contribution in [0.3, 0.4) is 0 Å². The van der Waals surface area contributed by atoms with Crippen LogP contribution in [-0.2, 0) is 5.41 Å². The topological polar surface area (TPSA) is 13.1 Å². The summed E-state index contributed by atoms with van der Waals surface area (Å²) >= 11 is 0. The van der Waals surface area contributed by atoms with Crippen molar-refractivity contribution in [2.45, 2.75) is 19.3 Å². The monoisotopic (exact) mass is 636 g/mol. The molecule has 0 bridgehead atoms. The number of fused-ring (bicyclic) bond motifs is 5. The van der Waals surface area contributed by atoms with Gasteiger partial charge in [-0.15, -0.1) is 0 Å². The Balaban J connectivity index is 1.19. The average Bonchev–Trinajstić information content (AvgIpc) is 3.65. The molecular weight excluding hydrogens is 605 g/mol. The van der Waals surface area contributed by atoms with E-state index in [1.54, 1.807) is 0 Å². The van der Waals surface area contributed by atoms with E-state index in [4.69, 9.17) is 4.42 Å². The van der Waals surface area contributed by atoms with Gasteiger partial charge in [-0.2, -0.15) is 0 Å². The van der Waals surface area contributed by atoms with Gasteiger partial charge in [0, 0.05) is 16.2 Å². The van der Waals surface area contributed by atoms with Gasteiger partial charge >= 0.3 is 0 Å². The molecule has 1 aliphatic rings. The molecule has 0 amide bonds. The smallest absolute Gasteiger partial charge is 0.135 e. The molecular formula is C49H32O. The number of benzene rings is 9. The second kappa shape index (κ2) is 9.94. The number of para-hydroxylation sites is 1. The summed E-state index contributed by atoms with van der Waals surface area (Å²) in [6.45, 7) is 4.75. The molecule has 0 spiro atoms. The third-order valence-corrected chi connectivity index (χ3v) is 11.4. The van der Waals surface area contributed by atoms with E-state index in [1.165, 1.54) is 87.6 Å². The summed E-state index contributed by atoms with van der Waals surface area (Å²) in [6.07, 6.45) is 0. The third kappa shape index (κ3) is 3.67. The minimum atomic E-state index is -0.0335. The molecule has 1 aliphatic carbocycles. The van der Waals surface area contributed by atoms with Crippen LogP contribution in [-0.4, -0.2) is 0 Å². The predicted molar refractivity (Wildman–Crippen MR) is 212 cm³/mol. The SMILES string of the molecule is CC1(C)c2cccc3cc(-c4c5ccccc5c(-c5cccc(-c6ccc7oc8ccccc8c7c6)c5)c5ccccc45)c4cccc1c4c23. The fraction of sp³-hybridized carbons (Fsp3) is 0.0612. The Morgan fingerprint density at radius 3 is 1.70 bits per heavy atom. The van der Waals surface area contributed by atoms with Crippen molar-refractivity contribution >= 4 is 65.0 Å². The lowest BCUT2D eigenvalue weighted by atomic mass is 9.81. The Labute approximate surface area is 290 Å². The van der Waals surface area contributed by atoms with Crippen LogP contribution >= 0.6 is 0 Å². The standard InChI is InChI=1S/C49H32O/c1-49(2)41-21-10-14-32-28-40(38-20-11-22-42(49)48(38)46(32)41)47-36-18-5-3-16-34(36)45(35-17-4-6-19-37(35)47)31-13-9-12-29(26-31)30-24-25-44-39(27-30)33-15-7-8-23-43(33)50-44/h3-28H,1-2H3. The first-order valence-electron chi connectivity index (χ1n) is 17.5. The lowest BCUT2D eigenvalue weighted by Gasteiger charge is -2.21. The van der Waals surface area contributed by atoms with E-state index in [9.17, 15) is 0 Å². The molecule has 50 heavy (non-hydrogen) atoms. The number of hydrogen-bond donors (Lipinski definition) is 0. The summed E-state index contributed by atoms with van der Waals surface area (Å²) in [6, 6.07) is 58.2. The Hall–Kier alpha value is -6.18. The summed E-state index contributed by atoms with van der Waals surface area (Å²) in [5.74, 6) is 0. The van der Waals surface area contributed by atoms with Gasteiger partial charge in [-0.3, -0.25) is 0 Å². The lowest BCUT2D eigenvalue weighted by molar-refractivity contribution is 0.663. The first kappa shape index (κ1) is 27.7. The summed E-state index contributed by atoms with van der Waals surface area (Å²) in [5.41, 5.74) is 12.1. The van der Waals surface area contributed by atoms with Crippen molar-refractivity contribution in [3.05, 3.63) is 169 Å². The quantitative estimate of drug-likeness (QED) is 0.139. The lowest BCUT2D eigenvalue weighted by Crippen LogP contribution is -2.14. The van der Waals surface area contributed by atoms with Crippen LogP contribution in [0, 0.1) is 0 Å². The van der Waals surface area contributed by atoms with Gasteiger partial charge in [0.15, 0.2) is 0 Å². The molecule has 10 aromatic rings. The molecule has 1 nitrogen and oxygen atoms in total. The van der Waals surface area contributed by atoms with Crippen LogP contribution in [0.2, 0.25) is 0 Å². The Morgan fingerprint density at radius 2 is 0.940 bits per heavy atom. The molecule has 1 heteroatoms. The first-order valence-corrected chi connectivity index (χ1v) is 17.5. The minimum Gasteiger partial charge on any atom is -0.456 e. The van der Waals surface area contributed by atoms with Gasteiger partial charge in [0.25, 0.3) is 0 Å². The van der Waals surface area contributed by atoms with E-state index in [1.807, 2.05) is 12.1 Å². The number of rotatable bonds is 3. The molecule has 0 aliphatic heterocycles. The van der Waals surface area contributed by atoms with Gasteiger partial charge in [-0.1, -0.05) is 141 Å². The molecule has 0 radical (unpaired) electrons. The van der Waals surface area contributed by atoms with Crippen molar-refractivity contribution in [3.8, 4) is 33.4 Å². The van der Waals surface area contributed by atoms with Gasteiger partial charge in [0.2, 0.25) is 0 Å². The fourth-order valence-electron chi connectivity index (χ4n) is 9.13. The molecule has 0 saturated heterocycles. The maximum atomic E-state index is 6.15. The van der Waals surface area contributed by atoms with E-state index in [0.29, 0.717) is 0 Å². The summed E-state index contributed by atoms with van der Waals surface area (Å²) in [5, 5.41) is 12.9. The molecule has 0 unspecified atom stereocenters. The number of furan rings is 1. The van der Waals surface area contributed by atoms with Gasteiger partial charge in [-0.25, -0.2) is 0 Å². The molecule has 9 aromatic carbocycles. The van der Waals surface area contributed by atoms with Gasteiger partial charge in [0.1, 0.15) is 11.2 Å². The largest absolute Gasteiger partial charge is 0.456 e. The predicted octanol–water partition coefficient (Wildman–Crippen LogP) is 13.8. The van der Waals surface area contributed by atoms with Crippen LogP contribution in [0.15, 0.2) is 162 Å². The van der Waals surface area contributed by atoms with Crippen molar-refractivity contribution in [2.24, 2.45) is 0 Å². The van der Waals surface area contributed by atoms with Crippen molar-refractivity contribution in [3.63, 3.8) is 0 Å². The van der Waals surface area contributed by atoms with Gasteiger partial charge in [-0.05, 0) is 118 Å².